The second-order valence-corrected chi connectivity index (χ2v) is 5.07. The van der Waals surface area contributed by atoms with Gasteiger partial charge in [-0.15, -0.1) is 0 Å². The third kappa shape index (κ3) is 2.91. The van der Waals surface area contributed by atoms with Crippen molar-refractivity contribution in [2.75, 3.05) is 5.32 Å². The van der Waals surface area contributed by atoms with E-state index in [0.717, 1.165) is 0 Å². The zero-order valence-corrected chi connectivity index (χ0v) is 11.6. The molecule has 1 unspecified atom stereocenters. The fourth-order valence-corrected chi connectivity index (χ4v) is 2.12. The van der Waals surface area contributed by atoms with E-state index in [2.05, 4.69) is 5.32 Å². The van der Waals surface area contributed by atoms with Gasteiger partial charge in [-0.25, -0.2) is 4.39 Å². The largest absolute Gasteiger partial charge is 0.368 e. The fraction of sp³-hybridized carbons (Fsp3) is 0.133. The molecule has 1 atom stereocenters. The van der Waals surface area contributed by atoms with Gasteiger partial charge in [0.1, 0.15) is 11.4 Å². The number of primary amides is 1. The summed E-state index contributed by atoms with van der Waals surface area (Å²) >= 11 is 5.91. The molecule has 0 saturated carbocycles. The molecule has 2 rings (SSSR count). The lowest BCUT2D eigenvalue weighted by molar-refractivity contribution is -0.122. The quantitative estimate of drug-likeness (QED) is 0.908. The predicted octanol–water partition coefficient (Wildman–Crippen LogP) is 3.29. The van der Waals surface area contributed by atoms with Crippen LogP contribution >= 0.6 is 11.6 Å². The minimum absolute atomic E-state index is 0.428. The minimum Gasteiger partial charge on any atom is -0.368 e. The molecular formula is C15H14ClFN2O. The van der Waals surface area contributed by atoms with E-state index >= 15 is 0 Å². The van der Waals surface area contributed by atoms with Gasteiger partial charge in [0.05, 0.1) is 0 Å². The Balaban J connectivity index is 2.42. The van der Waals surface area contributed by atoms with Crippen LogP contribution in [0.2, 0.25) is 5.02 Å². The van der Waals surface area contributed by atoms with E-state index in [1.165, 1.54) is 18.2 Å². The Labute approximate surface area is 121 Å². The van der Waals surface area contributed by atoms with Gasteiger partial charge in [-0.05, 0) is 42.8 Å². The first-order chi connectivity index (χ1) is 9.41. The molecule has 3 N–H and O–H groups in total. The number of rotatable bonds is 4. The van der Waals surface area contributed by atoms with Crippen molar-refractivity contribution in [1.29, 1.82) is 0 Å². The Bertz CT molecular complexity index is 647. The number of nitrogens with two attached hydrogens (primary N) is 1. The molecule has 0 aliphatic rings. The lowest BCUT2D eigenvalue weighted by atomic mass is 9.90. The molecule has 2 aromatic carbocycles. The van der Waals surface area contributed by atoms with Crippen LogP contribution in [0.25, 0.3) is 0 Å². The molecule has 0 saturated heterocycles. The first-order valence-electron chi connectivity index (χ1n) is 6.01. The van der Waals surface area contributed by atoms with E-state index in [0.29, 0.717) is 16.3 Å². The van der Waals surface area contributed by atoms with Crippen LogP contribution in [0.1, 0.15) is 12.5 Å². The number of nitrogens with one attached hydrogen (secondary N) is 1. The molecule has 0 aliphatic carbocycles. The van der Waals surface area contributed by atoms with Crippen molar-refractivity contribution >= 4 is 23.2 Å². The van der Waals surface area contributed by atoms with E-state index in [4.69, 9.17) is 17.3 Å². The fourth-order valence-electron chi connectivity index (χ4n) is 1.93. The number of hydrogen-bond donors (Lipinski definition) is 2. The van der Waals surface area contributed by atoms with Gasteiger partial charge in [0, 0.05) is 10.7 Å². The third-order valence-electron chi connectivity index (χ3n) is 3.11. The lowest BCUT2D eigenvalue weighted by Crippen LogP contribution is -2.45. The third-order valence-corrected chi connectivity index (χ3v) is 3.35. The molecule has 0 radical (unpaired) electrons. The van der Waals surface area contributed by atoms with Crippen molar-refractivity contribution in [2.45, 2.75) is 12.5 Å². The van der Waals surface area contributed by atoms with Gasteiger partial charge in [0.25, 0.3) is 0 Å². The first kappa shape index (κ1) is 14.3. The number of halogens is 2. The normalized spacial score (nSPS) is 13.6. The molecule has 3 nitrogen and oxygen atoms in total. The van der Waals surface area contributed by atoms with Crippen molar-refractivity contribution in [3.63, 3.8) is 0 Å². The first-order valence-corrected chi connectivity index (χ1v) is 6.39. The lowest BCUT2D eigenvalue weighted by Gasteiger charge is -2.29. The summed E-state index contributed by atoms with van der Waals surface area (Å²) in [5, 5.41) is 3.54. The van der Waals surface area contributed by atoms with Crippen molar-refractivity contribution in [3.05, 3.63) is 64.9 Å². The summed E-state index contributed by atoms with van der Waals surface area (Å²) < 4.78 is 13.4. The van der Waals surface area contributed by atoms with Crippen LogP contribution in [-0.4, -0.2) is 5.91 Å². The average Bonchev–Trinajstić information content (AvgIpc) is 2.38. The Kier molecular flexibility index (Phi) is 3.95. The Morgan fingerprint density at radius 2 is 1.95 bits per heavy atom. The topological polar surface area (TPSA) is 55.1 Å². The van der Waals surface area contributed by atoms with Crippen LogP contribution in [0.15, 0.2) is 48.5 Å². The molecule has 0 bridgehead atoms. The second-order valence-electron chi connectivity index (χ2n) is 4.63. The molecule has 5 heteroatoms. The van der Waals surface area contributed by atoms with Crippen molar-refractivity contribution in [1.82, 2.24) is 0 Å². The number of amides is 1. The van der Waals surface area contributed by atoms with Crippen molar-refractivity contribution in [2.24, 2.45) is 5.73 Å². The summed E-state index contributed by atoms with van der Waals surface area (Å²) in [5.41, 5.74) is 5.33. The summed E-state index contributed by atoms with van der Waals surface area (Å²) in [6.45, 7) is 1.60. The monoisotopic (exact) mass is 292 g/mol. The van der Waals surface area contributed by atoms with Gasteiger partial charge < -0.3 is 11.1 Å². The Morgan fingerprint density at radius 3 is 2.55 bits per heavy atom. The van der Waals surface area contributed by atoms with E-state index < -0.39 is 17.3 Å². The minimum atomic E-state index is -1.23. The summed E-state index contributed by atoms with van der Waals surface area (Å²) in [6, 6.07) is 12.7. The molecule has 20 heavy (non-hydrogen) atoms. The molecule has 1 amide bonds. The van der Waals surface area contributed by atoms with Gasteiger partial charge in [0.15, 0.2) is 0 Å². The molecule has 0 heterocycles. The van der Waals surface area contributed by atoms with E-state index in [1.807, 2.05) is 0 Å². The summed E-state index contributed by atoms with van der Waals surface area (Å²) in [7, 11) is 0. The SMILES string of the molecule is CC(Nc1cccc(Cl)c1)(C(N)=O)c1cccc(F)c1. The zero-order valence-electron chi connectivity index (χ0n) is 10.9. The van der Waals surface area contributed by atoms with Crippen LogP contribution in [-0.2, 0) is 10.3 Å². The summed E-state index contributed by atoms with van der Waals surface area (Å²) in [4.78, 5) is 11.8. The van der Waals surface area contributed by atoms with Gasteiger partial charge in [0.2, 0.25) is 5.91 Å². The summed E-state index contributed by atoms with van der Waals surface area (Å²) in [6.07, 6.45) is 0. The Morgan fingerprint density at radius 1 is 1.25 bits per heavy atom. The van der Waals surface area contributed by atoms with Gasteiger partial charge in [-0.3, -0.25) is 4.79 Å². The highest BCUT2D eigenvalue weighted by atomic mass is 35.5. The highest BCUT2D eigenvalue weighted by molar-refractivity contribution is 6.30. The second kappa shape index (κ2) is 5.51. The molecule has 0 fully saturated rings. The smallest absolute Gasteiger partial charge is 0.247 e. The van der Waals surface area contributed by atoms with Crippen LogP contribution in [0, 0.1) is 5.82 Å². The van der Waals surface area contributed by atoms with Crippen LogP contribution < -0.4 is 11.1 Å². The Hall–Kier alpha value is -2.07. The van der Waals surface area contributed by atoms with Gasteiger partial charge in [-0.2, -0.15) is 0 Å². The molecule has 0 aromatic heterocycles. The van der Waals surface area contributed by atoms with Crippen LogP contribution in [0.4, 0.5) is 10.1 Å². The maximum Gasteiger partial charge on any atom is 0.247 e. The number of anilines is 1. The predicted molar refractivity (Wildman–Crippen MR) is 78.0 cm³/mol. The van der Waals surface area contributed by atoms with E-state index in [1.54, 1.807) is 37.3 Å². The van der Waals surface area contributed by atoms with Gasteiger partial charge in [-0.1, -0.05) is 29.8 Å². The number of hydrogen-bond acceptors (Lipinski definition) is 2. The zero-order chi connectivity index (χ0) is 14.8. The van der Waals surface area contributed by atoms with Crippen molar-refractivity contribution in [3.8, 4) is 0 Å². The van der Waals surface area contributed by atoms with E-state index in [9.17, 15) is 9.18 Å². The molecule has 0 spiro atoms. The number of carbonyl (C=O) groups excluding carboxylic acids is 1. The number of benzene rings is 2. The highest BCUT2D eigenvalue weighted by Gasteiger charge is 2.33. The maximum absolute atomic E-state index is 13.4. The van der Waals surface area contributed by atoms with Crippen LogP contribution in [0.3, 0.4) is 0 Å². The maximum atomic E-state index is 13.4. The number of carbonyl (C=O) groups is 1. The van der Waals surface area contributed by atoms with Crippen molar-refractivity contribution < 1.29 is 9.18 Å². The standard InChI is InChI=1S/C15H14ClFN2O/c1-15(14(18)20,10-4-2-6-12(17)8-10)19-13-7-3-5-11(16)9-13/h2-9,19H,1H3,(H2,18,20). The molecular weight excluding hydrogens is 279 g/mol. The van der Waals surface area contributed by atoms with Crippen LogP contribution in [0.5, 0.6) is 0 Å². The highest BCUT2D eigenvalue weighted by Crippen LogP contribution is 2.27. The molecule has 0 aliphatic heterocycles. The molecule has 2 aromatic rings. The van der Waals surface area contributed by atoms with E-state index in [-0.39, 0.29) is 0 Å². The molecule has 104 valence electrons. The van der Waals surface area contributed by atoms with Gasteiger partial charge >= 0.3 is 0 Å². The summed E-state index contributed by atoms with van der Waals surface area (Å²) in [5.74, 6) is -1.04. The average molecular weight is 293 g/mol.